The SMILES string of the molecule is CCC(Oc1cccc2c1CCC(=O)N2C)N(O)C(C)(C)C. The van der Waals surface area contributed by atoms with Gasteiger partial charge < -0.3 is 14.8 Å². The molecule has 1 atom stereocenters. The van der Waals surface area contributed by atoms with Gasteiger partial charge in [0.05, 0.1) is 5.69 Å². The molecule has 0 radical (unpaired) electrons. The number of ether oxygens (including phenoxy) is 1. The van der Waals surface area contributed by atoms with Crippen molar-refractivity contribution in [1.82, 2.24) is 5.06 Å². The second-order valence-electron chi connectivity index (χ2n) is 6.70. The molecule has 1 aromatic rings. The van der Waals surface area contributed by atoms with Gasteiger partial charge in [-0.1, -0.05) is 13.0 Å². The van der Waals surface area contributed by atoms with Gasteiger partial charge in [0.15, 0.2) is 6.23 Å². The first kappa shape index (κ1) is 16.8. The van der Waals surface area contributed by atoms with Gasteiger partial charge in [-0.15, -0.1) is 5.06 Å². The molecule has 1 N–H and O–H groups in total. The summed E-state index contributed by atoms with van der Waals surface area (Å²) in [7, 11) is 1.79. The summed E-state index contributed by atoms with van der Waals surface area (Å²) in [5.41, 5.74) is 1.52. The zero-order valence-electron chi connectivity index (χ0n) is 14.1. The van der Waals surface area contributed by atoms with Gasteiger partial charge in [0.1, 0.15) is 5.75 Å². The summed E-state index contributed by atoms with van der Waals surface area (Å²) >= 11 is 0. The minimum Gasteiger partial charge on any atom is -0.473 e. The van der Waals surface area contributed by atoms with E-state index in [1.165, 1.54) is 5.06 Å². The summed E-state index contributed by atoms with van der Waals surface area (Å²) in [6, 6.07) is 5.72. The van der Waals surface area contributed by atoms with Crippen molar-refractivity contribution < 1.29 is 14.7 Å². The third kappa shape index (κ3) is 3.25. The molecule has 0 saturated heterocycles. The molecule has 0 bridgehead atoms. The summed E-state index contributed by atoms with van der Waals surface area (Å²) in [6.07, 6.45) is 1.40. The van der Waals surface area contributed by atoms with E-state index >= 15 is 0 Å². The minimum absolute atomic E-state index is 0.121. The van der Waals surface area contributed by atoms with Crippen molar-refractivity contribution >= 4 is 11.6 Å². The molecule has 1 amide bonds. The molecular formula is C17H26N2O3. The van der Waals surface area contributed by atoms with Crippen LogP contribution in [0.15, 0.2) is 18.2 Å². The van der Waals surface area contributed by atoms with E-state index in [0.29, 0.717) is 19.3 Å². The molecule has 0 aromatic heterocycles. The van der Waals surface area contributed by atoms with Crippen molar-refractivity contribution in [3.05, 3.63) is 23.8 Å². The average molecular weight is 306 g/mol. The Morgan fingerprint density at radius 1 is 1.36 bits per heavy atom. The molecule has 2 rings (SSSR count). The molecule has 5 nitrogen and oxygen atoms in total. The number of hydroxylamine groups is 2. The number of hydrogen-bond donors (Lipinski definition) is 1. The van der Waals surface area contributed by atoms with Crippen LogP contribution in [0, 0.1) is 0 Å². The van der Waals surface area contributed by atoms with Crippen LogP contribution in [0.2, 0.25) is 0 Å². The molecule has 0 fully saturated rings. The summed E-state index contributed by atoms with van der Waals surface area (Å²) in [4.78, 5) is 13.5. The second kappa shape index (κ2) is 6.26. The largest absolute Gasteiger partial charge is 0.473 e. The Labute approximate surface area is 132 Å². The third-order valence-electron chi connectivity index (χ3n) is 4.00. The molecule has 1 aliphatic rings. The predicted molar refractivity (Wildman–Crippen MR) is 86.3 cm³/mol. The summed E-state index contributed by atoms with van der Waals surface area (Å²) in [5, 5.41) is 11.6. The van der Waals surface area contributed by atoms with Gasteiger partial charge in [-0.05, 0) is 45.7 Å². The fourth-order valence-electron chi connectivity index (χ4n) is 2.65. The van der Waals surface area contributed by atoms with Crippen molar-refractivity contribution in [2.45, 2.75) is 58.7 Å². The highest BCUT2D eigenvalue weighted by Crippen LogP contribution is 2.35. The lowest BCUT2D eigenvalue weighted by Crippen LogP contribution is -2.48. The Morgan fingerprint density at radius 2 is 2.05 bits per heavy atom. The molecule has 0 aliphatic carbocycles. The molecule has 1 aliphatic heterocycles. The van der Waals surface area contributed by atoms with E-state index in [0.717, 1.165) is 17.0 Å². The maximum atomic E-state index is 11.8. The van der Waals surface area contributed by atoms with E-state index in [1.807, 2.05) is 45.9 Å². The van der Waals surface area contributed by atoms with Crippen molar-refractivity contribution in [3.63, 3.8) is 0 Å². The van der Waals surface area contributed by atoms with Crippen molar-refractivity contribution in [3.8, 4) is 5.75 Å². The predicted octanol–water partition coefficient (Wildman–Crippen LogP) is 3.20. The number of carbonyl (C=O) groups is 1. The van der Waals surface area contributed by atoms with Crippen molar-refractivity contribution in [1.29, 1.82) is 0 Å². The highest BCUT2D eigenvalue weighted by Gasteiger charge is 2.30. The third-order valence-corrected chi connectivity index (χ3v) is 4.00. The molecule has 22 heavy (non-hydrogen) atoms. The van der Waals surface area contributed by atoms with Gasteiger partial charge in [-0.3, -0.25) is 4.79 Å². The van der Waals surface area contributed by atoms with Crippen LogP contribution < -0.4 is 9.64 Å². The van der Waals surface area contributed by atoms with E-state index in [-0.39, 0.29) is 5.91 Å². The van der Waals surface area contributed by atoms with Crippen LogP contribution in [-0.4, -0.2) is 35.0 Å². The number of carbonyl (C=O) groups excluding carboxylic acids is 1. The van der Waals surface area contributed by atoms with Crippen molar-refractivity contribution in [2.75, 3.05) is 11.9 Å². The lowest BCUT2D eigenvalue weighted by atomic mass is 10.0. The quantitative estimate of drug-likeness (QED) is 0.685. The lowest BCUT2D eigenvalue weighted by molar-refractivity contribution is -0.235. The lowest BCUT2D eigenvalue weighted by Gasteiger charge is -2.36. The van der Waals surface area contributed by atoms with Crippen LogP contribution in [0.1, 0.15) is 46.1 Å². The van der Waals surface area contributed by atoms with Gasteiger partial charge in [-0.2, -0.15) is 0 Å². The van der Waals surface area contributed by atoms with Gasteiger partial charge in [-0.25, -0.2) is 0 Å². The first-order chi connectivity index (χ1) is 10.3. The number of hydrogen-bond acceptors (Lipinski definition) is 4. The van der Waals surface area contributed by atoms with Gasteiger partial charge in [0.2, 0.25) is 5.91 Å². The number of benzene rings is 1. The Bertz CT molecular complexity index is 551. The molecule has 1 aromatic carbocycles. The van der Waals surface area contributed by atoms with Crippen molar-refractivity contribution in [2.24, 2.45) is 0 Å². The summed E-state index contributed by atoms with van der Waals surface area (Å²) < 4.78 is 6.07. The highest BCUT2D eigenvalue weighted by molar-refractivity contribution is 5.96. The van der Waals surface area contributed by atoms with Crippen LogP contribution >= 0.6 is 0 Å². The Kier molecular flexibility index (Phi) is 4.78. The number of rotatable bonds is 4. The van der Waals surface area contributed by atoms with Gasteiger partial charge in [0.25, 0.3) is 0 Å². The first-order valence-electron chi connectivity index (χ1n) is 7.79. The zero-order valence-corrected chi connectivity index (χ0v) is 14.1. The molecule has 1 heterocycles. The maximum Gasteiger partial charge on any atom is 0.227 e. The van der Waals surface area contributed by atoms with E-state index in [9.17, 15) is 10.0 Å². The maximum absolute atomic E-state index is 11.8. The minimum atomic E-state index is -0.422. The van der Waals surface area contributed by atoms with Gasteiger partial charge >= 0.3 is 0 Å². The second-order valence-corrected chi connectivity index (χ2v) is 6.70. The fourth-order valence-corrected chi connectivity index (χ4v) is 2.65. The highest BCUT2D eigenvalue weighted by atomic mass is 16.6. The average Bonchev–Trinajstić information content (AvgIpc) is 2.47. The fraction of sp³-hybridized carbons (Fsp3) is 0.588. The number of anilines is 1. The summed E-state index contributed by atoms with van der Waals surface area (Å²) in [5.74, 6) is 0.863. The molecule has 0 spiro atoms. The standard InChI is InChI=1S/C17H26N2O3/c1-6-16(19(21)17(2,3)4)22-14-9-7-8-13-12(14)10-11-15(20)18(13)5/h7-9,16,21H,6,10-11H2,1-5H3. The monoisotopic (exact) mass is 306 g/mol. The Balaban J connectivity index is 2.29. The topological polar surface area (TPSA) is 53.0 Å². The number of amides is 1. The van der Waals surface area contributed by atoms with Crippen LogP contribution in [0.25, 0.3) is 0 Å². The van der Waals surface area contributed by atoms with Crippen LogP contribution in [0.5, 0.6) is 5.75 Å². The molecule has 122 valence electrons. The Morgan fingerprint density at radius 3 is 2.64 bits per heavy atom. The summed E-state index contributed by atoms with van der Waals surface area (Å²) in [6.45, 7) is 7.79. The van der Waals surface area contributed by atoms with Crippen LogP contribution in [0.3, 0.4) is 0 Å². The van der Waals surface area contributed by atoms with Crippen LogP contribution in [-0.2, 0) is 11.2 Å². The van der Waals surface area contributed by atoms with E-state index in [2.05, 4.69) is 0 Å². The van der Waals surface area contributed by atoms with E-state index in [1.54, 1.807) is 11.9 Å². The van der Waals surface area contributed by atoms with Gasteiger partial charge in [0, 0.05) is 24.6 Å². The molecule has 5 heteroatoms. The first-order valence-corrected chi connectivity index (χ1v) is 7.79. The molecule has 1 unspecified atom stereocenters. The smallest absolute Gasteiger partial charge is 0.227 e. The molecular weight excluding hydrogens is 280 g/mol. The van der Waals surface area contributed by atoms with Crippen LogP contribution in [0.4, 0.5) is 5.69 Å². The number of fused-ring (bicyclic) bond motifs is 1. The molecule has 0 saturated carbocycles. The zero-order chi connectivity index (χ0) is 16.5. The van der Waals surface area contributed by atoms with E-state index < -0.39 is 11.8 Å². The number of nitrogens with zero attached hydrogens (tertiary/aromatic N) is 2. The van der Waals surface area contributed by atoms with E-state index in [4.69, 9.17) is 4.74 Å². The normalized spacial score (nSPS) is 16.7. The Hall–Kier alpha value is -1.59.